The third-order valence-corrected chi connectivity index (χ3v) is 4.83. The summed E-state index contributed by atoms with van der Waals surface area (Å²) in [4.78, 5) is 24.4. The van der Waals surface area contributed by atoms with Crippen LogP contribution >= 0.6 is 0 Å². The molecular formula is C19H22N6O. The minimum absolute atomic E-state index is 0.0195. The molecule has 0 aromatic carbocycles. The molecule has 0 fully saturated rings. The Labute approximate surface area is 151 Å². The molecule has 7 nitrogen and oxygen atoms in total. The Morgan fingerprint density at radius 3 is 3.00 bits per heavy atom. The Morgan fingerprint density at radius 1 is 1.46 bits per heavy atom. The first kappa shape index (κ1) is 16.4. The average molecular weight is 350 g/mol. The number of rotatable bonds is 3. The van der Waals surface area contributed by atoms with E-state index >= 15 is 0 Å². The molecule has 4 N–H and O–H groups in total. The maximum Gasteiger partial charge on any atom is 0.227 e. The van der Waals surface area contributed by atoms with Gasteiger partial charge in [0.05, 0.1) is 11.6 Å². The highest BCUT2D eigenvalue weighted by atomic mass is 16.1. The van der Waals surface area contributed by atoms with Crippen molar-refractivity contribution in [2.45, 2.75) is 26.2 Å². The lowest BCUT2D eigenvalue weighted by Gasteiger charge is -2.14. The highest BCUT2D eigenvalue weighted by molar-refractivity contribution is 5.86. The molecule has 0 spiro atoms. The fraction of sp³-hybridized carbons (Fsp3) is 0.316. The highest BCUT2D eigenvalue weighted by Gasteiger charge is 2.24. The Morgan fingerprint density at radius 2 is 2.27 bits per heavy atom. The number of carbonyl (C=O) groups excluding carboxylic acids is 1. The summed E-state index contributed by atoms with van der Waals surface area (Å²) in [5, 5.41) is 2.71. The predicted molar refractivity (Wildman–Crippen MR) is 102 cm³/mol. The van der Waals surface area contributed by atoms with Crippen LogP contribution in [0.1, 0.15) is 36.8 Å². The van der Waals surface area contributed by atoms with Crippen LogP contribution in [0, 0.1) is 5.92 Å². The first-order valence-corrected chi connectivity index (χ1v) is 8.74. The van der Waals surface area contributed by atoms with Gasteiger partial charge in [-0.1, -0.05) is 26.0 Å². The Bertz CT molecular complexity index is 1030. The number of carbonyl (C=O) groups is 1. The van der Waals surface area contributed by atoms with E-state index in [-0.39, 0.29) is 17.7 Å². The molecule has 0 saturated heterocycles. The molecule has 3 aromatic heterocycles. The maximum atomic E-state index is 11.9. The average Bonchev–Trinajstić information content (AvgIpc) is 3.22. The van der Waals surface area contributed by atoms with Crippen molar-refractivity contribution in [2.75, 3.05) is 12.8 Å². The van der Waals surface area contributed by atoms with Gasteiger partial charge in [0.15, 0.2) is 0 Å². The lowest BCUT2D eigenvalue weighted by molar-refractivity contribution is -0.123. The normalized spacial score (nSPS) is 16.2. The number of hydrogen-bond donors (Lipinski definition) is 3. The minimum atomic E-state index is -0.157. The summed E-state index contributed by atoms with van der Waals surface area (Å²) in [7, 11) is 1.66. The van der Waals surface area contributed by atoms with Crippen LogP contribution in [-0.2, 0) is 11.2 Å². The molecule has 1 amide bonds. The van der Waals surface area contributed by atoms with Crippen molar-refractivity contribution in [3.63, 3.8) is 0 Å². The molecule has 1 aliphatic rings. The van der Waals surface area contributed by atoms with Crippen molar-refractivity contribution in [3.05, 3.63) is 41.6 Å². The van der Waals surface area contributed by atoms with Crippen LogP contribution in [0.15, 0.2) is 24.5 Å². The van der Waals surface area contributed by atoms with Crippen LogP contribution in [0.3, 0.4) is 0 Å². The summed E-state index contributed by atoms with van der Waals surface area (Å²) >= 11 is 0. The van der Waals surface area contributed by atoms with Gasteiger partial charge in [-0.2, -0.15) is 0 Å². The van der Waals surface area contributed by atoms with Gasteiger partial charge in [-0.15, -0.1) is 0 Å². The number of nitrogens with two attached hydrogens (primary N) is 1. The van der Waals surface area contributed by atoms with Gasteiger partial charge in [0.1, 0.15) is 22.9 Å². The van der Waals surface area contributed by atoms with E-state index in [4.69, 9.17) is 10.7 Å². The zero-order valence-corrected chi connectivity index (χ0v) is 15.1. The van der Waals surface area contributed by atoms with E-state index < -0.39 is 0 Å². The lowest BCUT2D eigenvalue weighted by Crippen LogP contribution is -2.28. The van der Waals surface area contributed by atoms with Gasteiger partial charge < -0.3 is 16.0 Å². The second kappa shape index (κ2) is 6.01. The zero-order valence-electron chi connectivity index (χ0n) is 15.1. The van der Waals surface area contributed by atoms with Gasteiger partial charge in [0, 0.05) is 37.5 Å². The quantitative estimate of drug-likeness (QED) is 0.675. The van der Waals surface area contributed by atoms with Crippen molar-refractivity contribution in [2.24, 2.45) is 5.92 Å². The summed E-state index contributed by atoms with van der Waals surface area (Å²) in [5.41, 5.74) is 10.8. The SMILES string of the molecule is CNC(=O)C1C=Cc2cc(-c3nc(C(C)C)n4ccnc(N)c34)[nH]c2C1. The van der Waals surface area contributed by atoms with E-state index in [1.54, 1.807) is 13.2 Å². The second-order valence-electron chi connectivity index (χ2n) is 6.91. The van der Waals surface area contributed by atoms with E-state index in [0.29, 0.717) is 12.2 Å². The fourth-order valence-electron chi connectivity index (χ4n) is 3.51. The molecule has 0 aliphatic heterocycles. The Kier molecular flexibility index (Phi) is 3.79. The number of aromatic amines is 1. The Hall–Kier alpha value is -3.09. The molecule has 1 atom stereocenters. The molecule has 7 heteroatoms. The lowest BCUT2D eigenvalue weighted by atomic mass is 9.94. The van der Waals surface area contributed by atoms with E-state index in [9.17, 15) is 4.79 Å². The van der Waals surface area contributed by atoms with Crippen molar-refractivity contribution in [1.29, 1.82) is 0 Å². The summed E-state index contributed by atoms with van der Waals surface area (Å²) in [6, 6.07) is 2.06. The van der Waals surface area contributed by atoms with Gasteiger partial charge in [-0.25, -0.2) is 9.97 Å². The number of anilines is 1. The minimum Gasteiger partial charge on any atom is -0.382 e. The molecule has 0 radical (unpaired) electrons. The van der Waals surface area contributed by atoms with Gasteiger partial charge in [0.2, 0.25) is 5.91 Å². The summed E-state index contributed by atoms with van der Waals surface area (Å²) in [5.74, 6) is 1.51. The number of amides is 1. The van der Waals surface area contributed by atoms with E-state index in [1.807, 2.05) is 22.7 Å². The number of H-pyrrole nitrogens is 1. The third-order valence-electron chi connectivity index (χ3n) is 4.83. The number of fused-ring (bicyclic) bond motifs is 2. The first-order chi connectivity index (χ1) is 12.5. The molecule has 4 rings (SSSR count). The van der Waals surface area contributed by atoms with Crippen molar-refractivity contribution in [3.8, 4) is 11.4 Å². The Balaban J connectivity index is 1.83. The fourth-order valence-corrected chi connectivity index (χ4v) is 3.51. The number of nitrogens with one attached hydrogen (secondary N) is 2. The number of aromatic nitrogens is 4. The monoisotopic (exact) mass is 350 g/mol. The standard InChI is InChI=1S/C19H22N6O/c1-10(2)18-24-15(16-17(20)22-6-7-25(16)18)14-8-11-4-5-12(19(26)21-3)9-13(11)23-14/h4-8,10,12,23H,9H2,1-3H3,(H2,20,22)(H,21,26). The zero-order chi connectivity index (χ0) is 18.4. The van der Waals surface area contributed by atoms with Gasteiger partial charge in [0.25, 0.3) is 0 Å². The maximum absolute atomic E-state index is 11.9. The molecule has 3 heterocycles. The van der Waals surface area contributed by atoms with Crippen LogP contribution in [0.2, 0.25) is 0 Å². The highest BCUT2D eigenvalue weighted by Crippen LogP contribution is 2.33. The van der Waals surface area contributed by atoms with Crippen LogP contribution in [0.25, 0.3) is 23.0 Å². The third kappa shape index (κ3) is 2.47. The second-order valence-corrected chi connectivity index (χ2v) is 6.91. The number of nitrogen functional groups attached to an aromatic ring is 1. The molecule has 1 aliphatic carbocycles. The molecular weight excluding hydrogens is 328 g/mol. The smallest absolute Gasteiger partial charge is 0.227 e. The summed E-state index contributed by atoms with van der Waals surface area (Å²) in [6.07, 6.45) is 8.15. The predicted octanol–water partition coefficient (Wildman–Crippen LogP) is 2.36. The summed E-state index contributed by atoms with van der Waals surface area (Å²) < 4.78 is 2.01. The van der Waals surface area contributed by atoms with Gasteiger partial charge in [-0.05, 0) is 11.6 Å². The first-order valence-electron chi connectivity index (χ1n) is 8.74. The van der Waals surface area contributed by atoms with Crippen LogP contribution < -0.4 is 11.1 Å². The number of nitrogens with zero attached hydrogens (tertiary/aromatic N) is 3. The molecule has 134 valence electrons. The number of hydrogen-bond acceptors (Lipinski definition) is 4. The van der Waals surface area contributed by atoms with Crippen molar-refractivity contribution < 1.29 is 4.79 Å². The van der Waals surface area contributed by atoms with Crippen LogP contribution in [0.4, 0.5) is 5.82 Å². The van der Waals surface area contributed by atoms with Gasteiger partial charge in [-0.3, -0.25) is 9.20 Å². The number of imidazole rings is 1. The van der Waals surface area contributed by atoms with E-state index in [0.717, 1.165) is 34.0 Å². The molecule has 3 aromatic rings. The van der Waals surface area contributed by atoms with Crippen molar-refractivity contribution >= 4 is 23.3 Å². The van der Waals surface area contributed by atoms with E-state index in [1.165, 1.54) is 0 Å². The molecule has 1 unspecified atom stereocenters. The van der Waals surface area contributed by atoms with Gasteiger partial charge >= 0.3 is 0 Å². The van der Waals surface area contributed by atoms with Crippen LogP contribution in [-0.4, -0.2) is 32.3 Å². The topological polar surface area (TPSA) is 101 Å². The summed E-state index contributed by atoms with van der Waals surface area (Å²) in [6.45, 7) is 4.21. The molecule has 26 heavy (non-hydrogen) atoms. The van der Waals surface area contributed by atoms with Crippen molar-refractivity contribution in [1.82, 2.24) is 24.7 Å². The van der Waals surface area contributed by atoms with E-state index in [2.05, 4.69) is 35.2 Å². The van der Waals surface area contributed by atoms with Crippen LogP contribution in [0.5, 0.6) is 0 Å². The molecule has 0 saturated carbocycles. The molecule has 0 bridgehead atoms. The largest absolute Gasteiger partial charge is 0.382 e.